The molecule has 0 aliphatic carbocycles. The highest BCUT2D eigenvalue weighted by molar-refractivity contribution is 5.96. The zero-order valence-electron chi connectivity index (χ0n) is 11.5. The summed E-state index contributed by atoms with van der Waals surface area (Å²) in [6.07, 6.45) is 0. The SMILES string of the molecule is CC(C(=O)N(C)C1COC(C)(C)C1=O)N(C)C. The molecule has 5 heteroatoms. The zero-order valence-corrected chi connectivity index (χ0v) is 11.5. The molecule has 1 heterocycles. The lowest BCUT2D eigenvalue weighted by atomic mass is 10.00. The molecule has 0 bridgehead atoms. The Bertz CT molecular complexity index is 326. The number of hydrogen-bond acceptors (Lipinski definition) is 4. The zero-order chi connectivity index (χ0) is 13.4. The minimum atomic E-state index is -0.777. The van der Waals surface area contributed by atoms with Crippen LogP contribution in [0.25, 0.3) is 0 Å². The van der Waals surface area contributed by atoms with Crippen molar-refractivity contribution in [3.05, 3.63) is 0 Å². The van der Waals surface area contributed by atoms with Crippen LogP contribution in [-0.2, 0) is 14.3 Å². The van der Waals surface area contributed by atoms with Gasteiger partial charge in [0.05, 0.1) is 12.6 Å². The van der Waals surface area contributed by atoms with Crippen molar-refractivity contribution in [2.75, 3.05) is 27.7 Å². The number of rotatable bonds is 3. The molecule has 17 heavy (non-hydrogen) atoms. The third-order valence-corrected chi connectivity index (χ3v) is 3.45. The summed E-state index contributed by atoms with van der Waals surface area (Å²) < 4.78 is 5.42. The van der Waals surface area contributed by atoms with E-state index >= 15 is 0 Å². The number of hydrogen-bond donors (Lipinski definition) is 0. The van der Waals surface area contributed by atoms with Gasteiger partial charge < -0.3 is 9.64 Å². The third-order valence-electron chi connectivity index (χ3n) is 3.45. The summed E-state index contributed by atoms with van der Waals surface area (Å²) in [5.74, 6) is -0.0889. The van der Waals surface area contributed by atoms with Crippen LogP contribution in [0.15, 0.2) is 0 Å². The molecule has 1 rings (SSSR count). The average Bonchev–Trinajstić information content (AvgIpc) is 2.51. The van der Waals surface area contributed by atoms with Gasteiger partial charge in [-0.1, -0.05) is 0 Å². The molecule has 98 valence electrons. The standard InChI is InChI=1S/C12H22N2O3/c1-8(13(4)5)11(16)14(6)9-7-17-12(2,3)10(9)15/h8-9H,7H2,1-6H3. The second-order valence-corrected chi connectivity index (χ2v) is 5.29. The predicted molar refractivity (Wildman–Crippen MR) is 64.7 cm³/mol. The van der Waals surface area contributed by atoms with Gasteiger partial charge in [0, 0.05) is 7.05 Å². The normalized spacial score (nSPS) is 25.1. The monoisotopic (exact) mass is 242 g/mol. The van der Waals surface area contributed by atoms with E-state index in [1.807, 2.05) is 25.9 Å². The largest absolute Gasteiger partial charge is 0.365 e. The van der Waals surface area contributed by atoms with Gasteiger partial charge in [0.1, 0.15) is 11.6 Å². The van der Waals surface area contributed by atoms with E-state index in [0.717, 1.165) is 0 Å². The number of amides is 1. The maximum atomic E-state index is 12.1. The van der Waals surface area contributed by atoms with E-state index in [9.17, 15) is 9.59 Å². The molecule has 2 atom stereocenters. The summed E-state index contributed by atoms with van der Waals surface area (Å²) in [7, 11) is 5.34. The highest BCUT2D eigenvalue weighted by Gasteiger charge is 2.45. The molecule has 0 aromatic heterocycles. The van der Waals surface area contributed by atoms with Gasteiger partial charge in [-0.2, -0.15) is 0 Å². The summed E-state index contributed by atoms with van der Waals surface area (Å²) in [5, 5.41) is 0. The summed E-state index contributed by atoms with van der Waals surface area (Å²) in [6.45, 7) is 5.59. The first-order valence-electron chi connectivity index (χ1n) is 5.80. The molecular weight excluding hydrogens is 220 g/mol. The van der Waals surface area contributed by atoms with Crippen molar-refractivity contribution in [1.29, 1.82) is 0 Å². The Hall–Kier alpha value is -0.940. The molecule has 0 N–H and O–H groups in total. The fraction of sp³-hybridized carbons (Fsp3) is 0.833. The van der Waals surface area contributed by atoms with E-state index in [0.29, 0.717) is 0 Å². The van der Waals surface area contributed by atoms with E-state index in [1.165, 1.54) is 4.90 Å². The quantitative estimate of drug-likeness (QED) is 0.706. The number of nitrogens with zero attached hydrogens (tertiary/aromatic N) is 2. The summed E-state index contributed by atoms with van der Waals surface area (Å²) >= 11 is 0. The second kappa shape index (κ2) is 4.74. The maximum Gasteiger partial charge on any atom is 0.240 e. The van der Waals surface area contributed by atoms with E-state index in [2.05, 4.69) is 0 Å². The second-order valence-electron chi connectivity index (χ2n) is 5.29. The molecule has 0 aromatic rings. The van der Waals surface area contributed by atoms with Crippen molar-refractivity contribution in [2.24, 2.45) is 0 Å². The lowest BCUT2D eigenvalue weighted by Crippen LogP contribution is -2.50. The van der Waals surface area contributed by atoms with Gasteiger partial charge in [0.25, 0.3) is 0 Å². The first-order valence-corrected chi connectivity index (χ1v) is 5.80. The highest BCUT2D eigenvalue weighted by Crippen LogP contribution is 2.24. The van der Waals surface area contributed by atoms with Crippen LogP contribution in [0.3, 0.4) is 0 Å². The van der Waals surface area contributed by atoms with Gasteiger partial charge in [-0.25, -0.2) is 0 Å². The van der Waals surface area contributed by atoms with Crippen LogP contribution in [0.4, 0.5) is 0 Å². The maximum absolute atomic E-state index is 12.1. The van der Waals surface area contributed by atoms with Gasteiger partial charge >= 0.3 is 0 Å². The molecule has 1 saturated heterocycles. The van der Waals surface area contributed by atoms with Crippen LogP contribution in [0, 0.1) is 0 Å². The van der Waals surface area contributed by atoms with Crippen LogP contribution >= 0.6 is 0 Å². The topological polar surface area (TPSA) is 49.9 Å². The smallest absolute Gasteiger partial charge is 0.240 e. The van der Waals surface area contributed by atoms with E-state index in [4.69, 9.17) is 4.74 Å². The molecule has 0 radical (unpaired) electrons. The van der Waals surface area contributed by atoms with Crippen molar-refractivity contribution in [1.82, 2.24) is 9.80 Å². The fourth-order valence-corrected chi connectivity index (χ4v) is 1.79. The van der Waals surface area contributed by atoms with E-state index < -0.39 is 11.6 Å². The lowest BCUT2D eigenvalue weighted by molar-refractivity contribution is -0.140. The molecule has 0 spiro atoms. The summed E-state index contributed by atoms with van der Waals surface area (Å²) in [6, 6.07) is -0.698. The van der Waals surface area contributed by atoms with Gasteiger partial charge in [0.2, 0.25) is 5.91 Å². The molecule has 1 aliphatic heterocycles. The minimum Gasteiger partial charge on any atom is -0.365 e. The average molecular weight is 242 g/mol. The molecule has 1 aliphatic rings. The first kappa shape index (κ1) is 14.1. The minimum absolute atomic E-state index is 0.0284. The first-order chi connectivity index (χ1) is 7.68. The van der Waals surface area contributed by atoms with Crippen LogP contribution < -0.4 is 0 Å². The Kier molecular flexibility index (Phi) is 3.94. The van der Waals surface area contributed by atoms with Gasteiger partial charge in [-0.05, 0) is 34.9 Å². The predicted octanol–water partition coefficient (Wildman–Crippen LogP) is 0.141. The van der Waals surface area contributed by atoms with E-state index in [1.54, 1.807) is 20.9 Å². The van der Waals surface area contributed by atoms with Crippen molar-refractivity contribution in [2.45, 2.75) is 38.5 Å². The Labute approximate surface area is 103 Å². The molecule has 2 unspecified atom stereocenters. The van der Waals surface area contributed by atoms with Crippen molar-refractivity contribution in [3.8, 4) is 0 Å². The number of ether oxygens (including phenoxy) is 1. The van der Waals surface area contributed by atoms with E-state index in [-0.39, 0.29) is 24.3 Å². The van der Waals surface area contributed by atoms with Gasteiger partial charge in [-0.15, -0.1) is 0 Å². The number of ketones is 1. The third kappa shape index (κ3) is 2.66. The molecule has 1 amide bonds. The molecule has 5 nitrogen and oxygen atoms in total. The van der Waals surface area contributed by atoms with Crippen LogP contribution in [-0.4, -0.2) is 66.9 Å². The summed E-state index contributed by atoms with van der Waals surface area (Å²) in [4.78, 5) is 27.5. The molecular formula is C12H22N2O3. The Morgan fingerprint density at radius 2 is 1.94 bits per heavy atom. The number of likely N-dealkylation sites (N-methyl/N-ethyl adjacent to an activating group) is 2. The molecule has 0 aromatic carbocycles. The fourth-order valence-electron chi connectivity index (χ4n) is 1.79. The Morgan fingerprint density at radius 1 is 1.41 bits per heavy atom. The highest BCUT2D eigenvalue weighted by atomic mass is 16.5. The van der Waals surface area contributed by atoms with Crippen LogP contribution in [0.5, 0.6) is 0 Å². The van der Waals surface area contributed by atoms with Crippen LogP contribution in [0.2, 0.25) is 0 Å². The number of Topliss-reactive ketones (excluding diaryl/α,β-unsaturated/α-hetero) is 1. The van der Waals surface area contributed by atoms with Gasteiger partial charge in [-0.3, -0.25) is 14.5 Å². The summed E-state index contributed by atoms with van der Waals surface area (Å²) in [5.41, 5.74) is -0.777. The number of carbonyl (C=O) groups excluding carboxylic acids is 2. The Balaban J connectivity index is 2.75. The van der Waals surface area contributed by atoms with Crippen LogP contribution in [0.1, 0.15) is 20.8 Å². The lowest BCUT2D eigenvalue weighted by Gasteiger charge is -2.28. The van der Waals surface area contributed by atoms with Gasteiger partial charge in [0.15, 0.2) is 5.78 Å². The number of carbonyl (C=O) groups is 2. The molecule has 1 fully saturated rings. The van der Waals surface area contributed by atoms with Crippen molar-refractivity contribution >= 4 is 11.7 Å². The molecule has 0 saturated carbocycles. The van der Waals surface area contributed by atoms with Crippen molar-refractivity contribution < 1.29 is 14.3 Å². The Morgan fingerprint density at radius 3 is 2.29 bits per heavy atom. The van der Waals surface area contributed by atoms with Crippen molar-refractivity contribution in [3.63, 3.8) is 0 Å².